The number of benzene rings is 1. The van der Waals surface area contributed by atoms with Crippen LogP contribution in [-0.2, 0) is 4.79 Å². The van der Waals surface area contributed by atoms with Gasteiger partial charge >= 0.3 is 0 Å². The fourth-order valence-electron chi connectivity index (χ4n) is 2.12. The molecule has 0 radical (unpaired) electrons. The van der Waals surface area contributed by atoms with Crippen molar-refractivity contribution in [2.45, 2.75) is 13.8 Å². The molecule has 0 aliphatic carbocycles. The van der Waals surface area contributed by atoms with Gasteiger partial charge in [-0.2, -0.15) is 5.26 Å². The van der Waals surface area contributed by atoms with Crippen molar-refractivity contribution in [2.24, 2.45) is 0 Å². The number of nitriles is 1. The number of carbonyl (C=O) groups excluding carboxylic acids is 1. The molecule has 1 aliphatic heterocycles. The van der Waals surface area contributed by atoms with Crippen molar-refractivity contribution in [1.29, 1.82) is 5.26 Å². The summed E-state index contributed by atoms with van der Waals surface area (Å²) >= 11 is 18.2. The van der Waals surface area contributed by atoms with Crippen LogP contribution < -0.4 is 4.90 Å². The van der Waals surface area contributed by atoms with E-state index in [9.17, 15) is 4.79 Å². The monoisotopic (exact) mass is 326 g/mol. The van der Waals surface area contributed by atoms with Gasteiger partial charge in [0.15, 0.2) is 0 Å². The number of rotatable bonds is 1. The van der Waals surface area contributed by atoms with E-state index in [2.05, 4.69) is 0 Å². The highest BCUT2D eigenvalue weighted by atomic mass is 35.5. The van der Waals surface area contributed by atoms with Crippen molar-refractivity contribution >= 4 is 46.4 Å². The molecule has 1 aromatic carbocycles. The van der Waals surface area contributed by atoms with E-state index in [0.29, 0.717) is 22.0 Å². The van der Waals surface area contributed by atoms with Crippen LogP contribution in [-0.4, -0.2) is 5.91 Å². The van der Waals surface area contributed by atoms with Gasteiger partial charge < -0.3 is 0 Å². The highest BCUT2D eigenvalue weighted by Gasteiger charge is 2.35. The van der Waals surface area contributed by atoms with Crippen molar-refractivity contribution in [3.8, 4) is 6.07 Å². The van der Waals surface area contributed by atoms with Crippen molar-refractivity contribution in [1.82, 2.24) is 0 Å². The van der Waals surface area contributed by atoms with Gasteiger partial charge in [-0.1, -0.05) is 40.9 Å². The third-order valence-corrected chi connectivity index (χ3v) is 3.80. The summed E-state index contributed by atoms with van der Waals surface area (Å²) in [7, 11) is 0. The van der Waals surface area contributed by atoms with Crippen LogP contribution in [0.5, 0.6) is 0 Å². The molecule has 1 aliphatic rings. The van der Waals surface area contributed by atoms with Gasteiger partial charge in [-0.25, -0.2) is 0 Å². The molecule has 0 N–H and O–H groups in total. The molecule has 1 heterocycles. The largest absolute Gasteiger partial charge is 0.273 e. The van der Waals surface area contributed by atoms with Crippen LogP contribution in [0.1, 0.15) is 13.8 Å². The van der Waals surface area contributed by atoms with Crippen LogP contribution in [0.15, 0.2) is 35.1 Å². The molecule has 2 rings (SSSR count). The van der Waals surface area contributed by atoms with E-state index in [4.69, 9.17) is 40.1 Å². The first-order valence-corrected chi connectivity index (χ1v) is 6.82. The summed E-state index contributed by atoms with van der Waals surface area (Å²) in [5.41, 5.74) is 1.61. The summed E-state index contributed by atoms with van der Waals surface area (Å²) in [6.07, 6.45) is 1.73. The maximum Gasteiger partial charge on any atom is 0.273 e. The molecule has 0 aromatic heterocycles. The normalized spacial score (nSPS) is 17.1. The van der Waals surface area contributed by atoms with E-state index in [1.807, 2.05) is 6.07 Å². The Bertz CT molecular complexity index is 691. The maximum atomic E-state index is 12.4. The van der Waals surface area contributed by atoms with Gasteiger partial charge in [0, 0.05) is 10.7 Å². The Morgan fingerprint density at radius 2 is 1.80 bits per heavy atom. The molecule has 6 heteroatoms. The first-order chi connectivity index (χ1) is 9.42. The smallest absolute Gasteiger partial charge is 0.273 e. The summed E-state index contributed by atoms with van der Waals surface area (Å²) in [5, 5.41) is 9.98. The second-order valence-electron chi connectivity index (χ2n) is 4.14. The molecule has 0 saturated carbocycles. The zero-order chi connectivity index (χ0) is 15.0. The second-order valence-corrected chi connectivity index (χ2v) is 5.40. The van der Waals surface area contributed by atoms with Gasteiger partial charge in [-0.05, 0) is 31.6 Å². The van der Waals surface area contributed by atoms with E-state index < -0.39 is 5.91 Å². The van der Waals surface area contributed by atoms with Gasteiger partial charge in [0.1, 0.15) is 11.6 Å². The average Bonchev–Trinajstić information content (AvgIpc) is 2.59. The van der Waals surface area contributed by atoms with Gasteiger partial charge in [0.05, 0.1) is 15.7 Å². The molecule has 0 saturated heterocycles. The molecule has 0 unspecified atom stereocenters. The molecule has 20 heavy (non-hydrogen) atoms. The molecule has 0 spiro atoms. The molecule has 1 aromatic rings. The third-order valence-electron chi connectivity index (χ3n) is 3.01. The van der Waals surface area contributed by atoms with Gasteiger partial charge in [0.2, 0.25) is 0 Å². The fourth-order valence-corrected chi connectivity index (χ4v) is 3.11. The summed E-state index contributed by atoms with van der Waals surface area (Å²) in [6.45, 7) is 3.49. The Balaban J connectivity index is 2.68. The minimum Gasteiger partial charge on any atom is -0.273 e. The second kappa shape index (κ2) is 5.49. The van der Waals surface area contributed by atoms with E-state index in [0.717, 1.165) is 0 Å². The lowest BCUT2D eigenvalue weighted by molar-refractivity contribution is -0.113. The van der Waals surface area contributed by atoms with Gasteiger partial charge in [0.25, 0.3) is 5.91 Å². The number of amides is 1. The predicted octanol–water partition coefficient (Wildman–Crippen LogP) is 4.74. The zero-order valence-corrected chi connectivity index (χ0v) is 12.9. The Hall–Kier alpha value is -1.47. The van der Waals surface area contributed by atoms with E-state index >= 15 is 0 Å². The van der Waals surface area contributed by atoms with Gasteiger partial charge in [-0.15, -0.1) is 0 Å². The third kappa shape index (κ3) is 2.20. The number of carbonyl (C=O) groups is 1. The molecule has 0 bridgehead atoms. The number of hydrogen-bond acceptors (Lipinski definition) is 2. The van der Waals surface area contributed by atoms with Crippen molar-refractivity contribution < 1.29 is 4.79 Å². The average molecular weight is 328 g/mol. The van der Waals surface area contributed by atoms with Crippen LogP contribution in [0.3, 0.4) is 0 Å². The van der Waals surface area contributed by atoms with Crippen LogP contribution in [0.25, 0.3) is 0 Å². The topological polar surface area (TPSA) is 44.1 Å². The Morgan fingerprint density at radius 3 is 2.25 bits per heavy atom. The lowest BCUT2D eigenvalue weighted by Gasteiger charge is -2.22. The van der Waals surface area contributed by atoms with Crippen molar-refractivity contribution in [3.05, 3.63) is 50.1 Å². The minimum absolute atomic E-state index is 0.0835. The first-order valence-electron chi connectivity index (χ1n) is 5.69. The maximum absolute atomic E-state index is 12.4. The summed E-state index contributed by atoms with van der Waals surface area (Å²) in [4.78, 5) is 13.7. The quantitative estimate of drug-likeness (QED) is 0.748. The molecule has 0 atom stereocenters. The highest BCUT2D eigenvalue weighted by molar-refractivity contribution is 6.43. The number of anilines is 1. The van der Waals surface area contributed by atoms with Crippen LogP contribution >= 0.6 is 34.8 Å². The lowest BCUT2D eigenvalue weighted by Crippen LogP contribution is -2.25. The summed E-state index contributed by atoms with van der Waals surface area (Å²) in [5.74, 6) is -0.441. The SMILES string of the molecule is C/C=C1\C(C)=C(C#N)C(=O)N1c1c(Cl)cc(Cl)cc1Cl. The van der Waals surface area contributed by atoms with Crippen molar-refractivity contribution in [3.63, 3.8) is 0 Å². The van der Waals surface area contributed by atoms with E-state index in [1.54, 1.807) is 19.9 Å². The molecule has 102 valence electrons. The number of allylic oxidation sites excluding steroid dienone is 2. The first kappa shape index (κ1) is 14.9. The highest BCUT2D eigenvalue weighted by Crippen LogP contribution is 2.42. The van der Waals surface area contributed by atoms with E-state index in [1.165, 1.54) is 17.0 Å². The number of nitrogens with zero attached hydrogens (tertiary/aromatic N) is 2. The van der Waals surface area contributed by atoms with Crippen LogP contribution in [0, 0.1) is 11.3 Å². The van der Waals surface area contributed by atoms with E-state index in [-0.39, 0.29) is 15.6 Å². The summed E-state index contributed by atoms with van der Waals surface area (Å²) in [6, 6.07) is 4.92. The summed E-state index contributed by atoms with van der Waals surface area (Å²) < 4.78 is 0. The van der Waals surface area contributed by atoms with Crippen LogP contribution in [0.2, 0.25) is 15.1 Å². The van der Waals surface area contributed by atoms with Gasteiger partial charge in [-0.3, -0.25) is 9.69 Å². The fraction of sp³-hybridized carbons (Fsp3) is 0.143. The molecule has 0 fully saturated rings. The Labute approximate surface area is 131 Å². The number of halogens is 3. The Kier molecular flexibility index (Phi) is 4.10. The van der Waals surface area contributed by atoms with Crippen LogP contribution in [0.4, 0.5) is 5.69 Å². The molecular weight excluding hydrogens is 319 g/mol. The molecular formula is C14H9Cl3N2O. The molecule has 1 amide bonds. The zero-order valence-electron chi connectivity index (χ0n) is 10.7. The standard InChI is InChI=1S/C14H9Cl3N2O/c1-3-12-7(2)9(6-18)14(20)19(12)13-10(16)4-8(15)5-11(13)17/h3-5H,1-2H3/b12-3+. The molecule has 3 nitrogen and oxygen atoms in total. The van der Waals surface area contributed by atoms with Crippen molar-refractivity contribution in [2.75, 3.05) is 4.90 Å². The minimum atomic E-state index is -0.441. The lowest BCUT2D eigenvalue weighted by atomic mass is 10.1. The Morgan fingerprint density at radius 1 is 1.25 bits per heavy atom. The predicted molar refractivity (Wildman–Crippen MR) is 81.0 cm³/mol. The number of hydrogen-bond donors (Lipinski definition) is 0.